The van der Waals surface area contributed by atoms with Gasteiger partial charge in [0, 0.05) is 12.0 Å². The molecule has 110 valence electrons. The number of nitrogen functional groups attached to an aromatic ring is 1. The van der Waals surface area contributed by atoms with Gasteiger partial charge in [0.1, 0.15) is 5.82 Å². The summed E-state index contributed by atoms with van der Waals surface area (Å²) in [5, 5.41) is 0. The number of fused-ring (bicyclic) bond motifs is 1. The van der Waals surface area contributed by atoms with Crippen molar-refractivity contribution in [1.82, 2.24) is 9.97 Å². The molecular formula is C15H17N3O3. The third-order valence-corrected chi connectivity index (χ3v) is 3.50. The molecule has 0 saturated heterocycles. The second-order valence-corrected chi connectivity index (χ2v) is 4.70. The Bertz CT molecular complexity index is 673. The van der Waals surface area contributed by atoms with Gasteiger partial charge in [0.25, 0.3) is 0 Å². The van der Waals surface area contributed by atoms with Crippen molar-refractivity contribution in [3.63, 3.8) is 0 Å². The molecule has 1 aromatic carbocycles. The van der Waals surface area contributed by atoms with Crippen molar-refractivity contribution in [3.05, 3.63) is 29.5 Å². The molecule has 6 heteroatoms. The van der Waals surface area contributed by atoms with Crippen molar-refractivity contribution < 1.29 is 14.2 Å². The van der Waals surface area contributed by atoms with Gasteiger partial charge in [0.2, 0.25) is 0 Å². The molecule has 0 aliphatic carbocycles. The Labute approximate surface area is 122 Å². The van der Waals surface area contributed by atoms with Gasteiger partial charge in [-0.15, -0.1) is 0 Å². The summed E-state index contributed by atoms with van der Waals surface area (Å²) in [6.45, 7) is 1.12. The maximum atomic E-state index is 6.04. The molecule has 0 unspecified atom stereocenters. The standard InChI is InChI=1S/C15H17N3O3/c1-19-12-5-3-4-9(13(12)20-2)15-17-11-6-7-21-8-10(11)14(16)18-15/h3-5H,6-8H2,1-2H3,(H2,16,17,18). The molecule has 2 aromatic rings. The average molecular weight is 287 g/mol. The fourth-order valence-corrected chi connectivity index (χ4v) is 2.44. The number of rotatable bonds is 3. The Balaban J connectivity index is 2.15. The van der Waals surface area contributed by atoms with Gasteiger partial charge in [0.05, 0.1) is 38.7 Å². The predicted octanol–water partition coefficient (Wildman–Crippen LogP) is 1.82. The number of benzene rings is 1. The van der Waals surface area contributed by atoms with Crippen LogP contribution in [0, 0.1) is 0 Å². The van der Waals surface area contributed by atoms with Gasteiger partial charge in [-0.2, -0.15) is 0 Å². The van der Waals surface area contributed by atoms with Crippen LogP contribution in [0.3, 0.4) is 0 Å². The number of nitrogens with two attached hydrogens (primary N) is 1. The number of hydrogen-bond acceptors (Lipinski definition) is 6. The highest BCUT2D eigenvalue weighted by atomic mass is 16.5. The lowest BCUT2D eigenvalue weighted by Crippen LogP contribution is -2.16. The monoisotopic (exact) mass is 287 g/mol. The molecule has 0 atom stereocenters. The topological polar surface area (TPSA) is 79.5 Å². The lowest BCUT2D eigenvalue weighted by molar-refractivity contribution is 0.109. The van der Waals surface area contributed by atoms with E-state index in [4.69, 9.17) is 19.9 Å². The van der Waals surface area contributed by atoms with Gasteiger partial charge in [-0.1, -0.05) is 6.07 Å². The first-order valence-corrected chi connectivity index (χ1v) is 6.69. The second kappa shape index (κ2) is 5.57. The summed E-state index contributed by atoms with van der Waals surface area (Å²) in [4.78, 5) is 9.01. The number of methoxy groups -OCH3 is 2. The van der Waals surface area contributed by atoms with Crippen LogP contribution in [0.1, 0.15) is 11.3 Å². The van der Waals surface area contributed by atoms with Crippen LogP contribution in [-0.2, 0) is 17.8 Å². The van der Waals surface area contributed by atoms with E-state index in [2.05, 4.69) is 9.97 Å². The van der Waals surface area contributed by atoms with Gasteiger partial charge >= 0.3 is 0 Å². The van der Waals surface area contributed by atoms with Crippen molar-refractivity contribution in [2.45, 2.75) is 13.0 Å². The van der Waals surface area contributed by atoms with Crippen molar-refractivity contribution in [2.24, 2.45) is 0 Å². The van der Waals surface area contributed by atoms with Crippen LogP contribution in [0.25, 0.3) is 11.4 Å². The number of anilines is 1. The van der Waals surface area contributed by atoms with Gasteiger partial charge in [0.15, 0.2) is 17.3 Å². The van der Waals surface area contributed by atoms with Crippen molar-refractivity contribution in [1.29, 1.82) is 0 Å². The molecule has 0 spiro atoms. The quantitative estimate of drug-likeness (QED) is 0.927. The summed E-state index contributed by atoms with van der Waals surface area (Å²) in [5.41, 5.74) is 8.62. The van der Waals surface area contributed by atoms with Crippen molar-refractivity contribution in [2.75, 3.05) is 26.6 Å². The maximum absolute atomic E-state index is 6.04. The number of ether oxygens (including phenoxy) is 3. The molecular weight excluding hydrogens is 270 g/mol. The smallest absolute Gasteiger partial charge is 0.171 e. The molecule has 1 aliphatic rings. The van der Waals surface area contributed by atoms with E-state index >= 15 is 0 Å². The van der Waals surface area contributed by atoms with E-state index in [1.807, 2.05) is 18.2 Å². The maximum Gasteiger partial charge on any atom is 0.171 e. The lowest BCUT2D eigenvalue weighted by atomic mass is 10.1. The number of hydrogen-bond donors (Lipinski definition) is 1. The number of nitrogens with zero attached hydrogens (tertiary/aromatic N) is 2. The Morgan fingerprint density at radius 3 is 2.81 bits per heavy atom. The predicted molar refractivity (Wildman–Crippen MR) is 78.3 cm³/mol. The van der Waals surface area contributed by atoms with Gasteiger partial charge in [-0.25, -0.2) is 9.97 Å². The van der Waals surface area contributed by atoms with E-state index in [9.17, 15) is 0 Å². The zero-order valence-corrected chi connectivity index (χ0v) is 12.0. The minimum atomic E-state index is 0.458. The molecule has 0 bridgehead atoms. The van der Waals surface area contributed by atoms with E-state index in [0.29, 0.717) is 36.4 Å². The Hall–Kier alpha value is -2.34. The average Bonchev–Trinajstić information content (AvgIpc) is 2.54. The highest BCUT2D eigenvalue weighted by Gasteiger charge is 2.20. The Morgan fingerprint density at radius 2 is 2.05 bits per heavy atom. The minimum Gasteiger partial charge on any atom is -0.493 e. The van der Waals surface area contributed by atoms with E-state index in [-0.39, 0.29) is 0 Å². The van der Waals surface area contributed by atoms with Gasteiger partial charge in [-0.3, -0.25) is 0 Å². The Morgan fingerprint density at radius 1 is 1.19 bits per heavy atom. The first kappa shape index (κ1) is 13.6. The SMILES string of the molecule is COc1cccc(-c2nc(N)c3c(n2)CCOC3)c1OC. The van der Waals surface area contributed by atoms with Crippen LogP contribution >= 0.6 is 0 Å². The molecule has 2 heterocycles. The molecule has 0 saturated carbocycles. The summed E-state index contributed by atoms with van der Waals surface area (Å²) in [6.07, 6.45) is 0.737. The number of para-hydroxylation sites is 1. The Kier molecular flexibility index (Phi) is 3.62. The second-order valence-electron chi connectivity index (χ2n) is 4.70. The van der Waals surface area contributed by atoms with Gasteiger partial charge in [-0.05, 0) is 12.1 Å². The molecule has 21 heavy (non-hydrogen) atoms. The molecule has 0 fully saturated rings. The van der Waals surface area contributed by atoms with Crippen LogP contribution in [0.2, 0.25) is 0 Å². The summed E-state index contributed by atoms with van der Waals surface area (Å²) in [6, 6.07) is 5.60. The first-order chi connectivity index (χ1) is 10.2. The van der Waals surface area contributed by atoms with E-state index in [1.165, 1.54) is 0 Å². The molecule has 3 rings (SSSR count). The zero-order valence-electron chi connectivity index (χ0n) is 12.0. The normalized spacial score (nSPS) is 13.6. The molecule has 0 radical (unpaired) electrons. The number of aromatic nitrogens is 2. The minimum absolute atomic E-state index is 0.458. The van der Waals surface area contributed by atoms with Crippen molar-refractivity contribution >= 4 is 5.82 Å². The first-order valence-electron chi connectivity index (χ1n) is 6.69. The fourth-order valence-electron chi connectivity index (χ4n) is 2.44. The van der Waals surface area contributed by atoms with Crippen LogP contribution in [0.4, 0.5) is 5.82 Å². The third-order valence-electron chi connectivity index (χ3n) is 3.50. The highest BCUT2D eigenvalue weighted by Crippen LogP contribution is 2.37. The van der Waals surface area contributed by atoms with Gasteiger partial charge < -0.3 is 19.9 Å². The fraction of sp³-hybridized carbons (Fsp3) is 0.333. The van der Waals surface area contributed by atoms with E-state index in [1.54, 1.807) is 14.2 Å². The molecule has 6 nitrogen and oxygen atoms in total. The summed E-state index contributed by atoms with van der Waals surface area (Å²) in [7, 11) is 3.19. The van der Waals surface area contributed by atoms with Crippen LogP contribution < -0.4 is 15.2 Å². The zero-order chi connectivity index (χ0) is 14.8. The molecule has 0 amide bonds. The van der Waals surface area contributed by atoms with Crippen molar-refractivity contribution in [3.8, 4) is 22.9 Å². The molecule has 1 aromatic heterocycles. The summed E-state index contributed by atoms with van der Waals surface area (Å²) in [5.74, 6) is 2.24. The highest BCUT2D eigenvalue weighted by molar-refractivity contribution is 5.70. The van der Waals surface area contributed by atoms with Crippen LogP contribution in [0.15, 0.2) is 18.2 Å². The molecule has 1 aliphatic heterocycles. The van der Waals surface area contributed by atoms with E-state index in [0.717, 1.165) is 23.2 Å². The lowest BCUT2D eigenvalue weighted by Gasteiger charge is -2.18. The van der Waals surface area contributed by atoms with Crippen LogP contribution in [-0.4, -0.2) is 30.8 Å². The van der Waals surface area contributed by atoms with E-state index < -0.39 is 0 Å². The summed E-state index contributed by atoms with van der Waals surface area (Å²) < 4.78 is 16.1. The third kappa shape index (κ3) is 2.38. The largest absolute Gasteiger partial charge is 0.493 e. The van der Waals surface area contributed by atoms with Crippen LogP contribution in [0.5, 0.6) is 11.5 Å². The molecule has 2 N–H and O–H groups in total. The summed E-state index contributed by atoms with van der Waals surface area (Å²) >= 11 is 0.